The molecule has 3 aromatic rings. The smallest absolute Gasteiger partial charge is 0.407 e. The summed E-state index contributed by atoms with van der Waals surface area (Å²) in [5, 5.41) is 11.9. The van der Waals surface area contributed by atoms with Crippen LogP contribution in [0.2, 0.25) is 0 Å². The summed E-state index contributed by atoms with van der Waals surface area (Å²) in [7, 11) is 0. The van der Waals surface area contributed by atoms with E-state index in [1.807, 2.05) is 0 Å². The lowest BCUT2D eigenvalue weighted by Gasteiger charge is -2.17. The van der Waals surface area contributed by atoms with Crippen LogP contribution in [0.1, 0.15) is 27.9 Å². The molecule has 30 heavy (non-hydrogen) atoms. The maximum absolute atomic E-state index is 12.4. The van der Waals surface area contributed by atoms with Gasteiger partial charge in [-0.3, -0.25) is 14.9 Å². The van der Waals surface area contributed by atoms with Gasteiger partial charge in [0.25, 0.3) is 5.91 Å². The van der Waals surface area contributed by atoms with Crippen molar-refractivity contribution in [3.63, 3.8) is 0 Å². The Hall–Kier alpha value is -3.41. The van der Waals surface area contributed by atoms with E-state index in [-0.39, 0.29) is 42.4 Å². The topological polar surface area (TPSA) is 97.6 Å². The Morgan fingerprint density at radius 3 is 2.67 bits per heavy atom. The fourth-order valence-electron chi connectivity index (χ4n) is 2.97. The summed E-state index contributed by atoms with van der Waals surface area (Å²) in [5.74, 6) is -1.23. The van der Waals surface area contributed by atoms with Gasteiger partial charge in [-0.2, -0.15) is 0 Å². The standard InChI is InChI=1S/C18H13F3N4O4S/c19-18(20,21)29-12-5-3-11(4-6-12)25-9-10(8-14(25)26)16-23-24-17(28-16)22-15(27)13-2-1-7-30-13/h1-7,10H,8-9H2,(H,22,24,27)/t10-/m1/s1. The highest BCUT2D eigenvalue weighted by atomic mass is 32.1. The van der Waals surface area contributed by atoms with Gasteiger partial charge in [-0.25, -0.2) is 0 Å². The number of rotatable bonds is 5. The van der Waals surface area contributed by atoms with Gasteiger partial charge in [0.1, 0.15) is 5.75 Å². The summed E-state index contributed by atoms with van der Waals surface area (Å²) >= 11 is 1.26. The first-order chi connectivity index (χ1) is 14.3. The number of nitrogens with zero attached hydrogens (tertiary/aromatic N) is 3. The van der Waals surface area contributed by atoms with Gasteiger partial charge in [-0.05, 0) is 35.7 Å². The number of ether oxygens (including phenoxy) is 1. The van der Waals surface area contributed by atoms with Crippen LogP contribution in [0.25, 0.3) is 0 Å². The normalized spacial score (nSPS) is 16.7. The van der Waals surface area contributed by atoms with E-state index in [0.29, 0.717) is 10.6 Å². The van der Waals surface area contributed by atoms with Crippen LogP contribution in [-0.4, -0.2) is 34.9 Å². The molecule has 1 aromatic carbocycles. The lowest BCUT2D eigenvalue weighted by molar-refractivity contribution is -0.274. The number of amides is 2. The van der Waals surface area contributed by atoms with Crippen LogP contribution >= 0.6 is 11.3 Å². The summed E-state index contributed by atoms with van der Waals surface area (Å²) in [6.07, 6.45) is -4.70. The number of thiophene rings is 1. The van der Waals surface area contributed by atoms with Crippen LogP contribution in [0, 0.1) is 0 Å². The fraction of sp³-hybridized carbons (Fsp3) is 0.222. The average Bonchev–Trinajstić information content (AvgIpc) is 3.41. The summed E-state index contributed by atoms with van der Waals surface area (Å²) in [6.45, 7) is 0.207. The van der Waals surface area contributed by atoms with Crippen LogP contribution in [0.4, 0.5) is 24.9 Å². The van der Waals surface area contributed by atoms with Crippen molar-refractivity contribution in [1.82, 2.24) is 10.2 Å². The lowest BCUT2D eigenvalue weighted by Crippen LogP contribution is -2.24. The molecule has 0 unspecified atom stereocenters. The second kappa shape index (κ2) is 7.78. The highest BCUT2D eigenvalue weighted by Crippen LogP contribution is 2.33. The van der Waals surface area contributed by atoms with Crippen molar-refractivity contribution in [3.05, 3.63) is 52.5 Å². The Kier molecular flexibility index (Phi) is 5.16. The minimum atomic E-state index is -4.79. The van der Waals surface area contributed by atoms with Gasteiger partial charge in [0.2, 0.25) is 11.8 Å². The van der Waals surface area contributed by atoms with Crippen molar-refractivity contribution in [2.24, 2.45) is 0 Å². The molecule has 0 bridgehead atoms. The third-order valence-corrected chi connectivity index (χ3v) is 5.13. The SMILES string of the molecule is O=C(Nc1nnc([C@@H]2CC(=O)N(c3ccc(OC(F)(F)F)cc3)C2)o1)c1cccs1. The lowest BCUT2D eigenvalue weighted by atomic mass is 10.1. The van der Waals surface area contributed by atoms with Crippen molar-refractivity contribution in [2.45, 2.75) is 18.7 Å². The van der Waals surface area contributed by atoms with Crippen LogP contribution in [0.15, 0.2) is 46.2 Å². The molecule has 2 aromatic heterocycles. The van der Waals surface area contributed by atoms with Crippen molar-refractivity contribution in [2.75, 3.05) is 16.8 Å². The summed E-state index contributed by atoms with van der Waals surface area (Å²) in [4.78, 5) is 26.3. The van der Waals surface area contributed by atoms with Gasteiger partial charge in [-0.15, -0.1) is 29.6 Å². The molecule has 0 saturated carbocycles. The van der Waals surface area contributed by atoms with E-state index in [2.05, 4.69) is 20.3 Å². The number of anilines is 2. The number of alkyl halides is 3. The molecule has 12 heteroatoms. The first-order valence-corrected chi connectivity index (χ1v) is 9.51. The Morgan fingerprint density at radius 2 is 2.00 bits per heavy atom. The maximum atomic E-state index is 12.4. The molecular formula is C18H13F3N4O4S. The maximum Gasteiger partial charge on any atom is 0.573 e. The number of aromatic nitrogens is 2. The molecule has 8 nitrogen and oxygen atoms in total. The minimum Gasteiger partial charge on any atom is -0.407 e. The molecule has 1 aliphatic rings. The Morgan fingerprint density at radius 1 is 1.23 bits per heavy atom. The minimum absolute atomic E-state index is 0.0806. The predicted molar refractivity (Wildman–Crippen MR) is 99.4 cm³/mol. The predicted octanol–water partition coefficient (Wildman–Crippen LogP) is 3.80. The Bertz CT molecular complexity index is 1050. The van der Waals surface area contributed by atoms with E-state index < -0.39 is 12.3 Å². The number of carbonyl (C=O) groups excluding carboxylic acids is 2. The zero-order valence-corrected chi connectivity index (χ0v) is 15.9. The van der Waals surface area contributed by atoms with Gasteiger partial charge >= 0.3 is 12.4 Å². The fourth-order valence-corrected chi connectivity index (χ4v) is 3.59. The zero-order chi connectivity index (χ0) is 21.3. The quantitative estimate of drug-likeness (QED) is 0.651. The molecule has 1 N–H and O–H groups in total. The zero-order valence-electron chi connectivity index (χ0n) is 15.0. The summed E-state index contributed by atoms with van der Waals surface area (Å²) < 4.78 is 46.1. The monoisotopic (exact) mass is 438 g/mol. The second-order valence-corrected chi connectivity index (χ2v) is 7.27. The second-order valence-electron chi connectivity index (χ2n) is 6.32. The molecule has 0 radical (unpaired) electrons. The average molecular weight is 438 g/mol. The number of nitrogens with one attached hydrogen (secondary N) is 1. The summed E-state index contributed by atoms with van der Waals surface area (Å²) in [6, 6.07) is 8.30. The first-order valence-electron chi connectivity index (χ1n) is 8.63. The van der Waals surface area contributed by atoms with Crippen LogP contribution in [-0.2, 0) is 4.79 Å². The summed E-state index contributed by atoms with van der Waals surface area (Å²) in [5.41, 5.74) is 0.419. The van der Waals surface area contributed by atoms with Gasteiger partial charge < -0.3 is 14.1 Å². The van der Waals surface area contributed by atoms with E-state index in [4.69, 9.17) is 4.42 Å². The van der Waals surface area contributed by atoms with Crippen molar-refractivity contribution in [1.29, 1.82) is 0 Å². The van der Waals surface area contributed by atoms with Crippen LogP contribution in [0.3, 0.4) is 0 Å². The number of hydrogen-bond donors (Lipinski definition) is 1. The van der Waals surface area contributed by atoms with Gasteiger partial charge in [0.05, 0.1) is 10.8 Å². The largest absolute Gasteiger partial charge is 0.573 e. The number of carbonyl (C=O) groups is 2. The van der Waals surface area contributed by atoms with E-state index in [1.165, 1.54) is 28.4 Å². The molecule has 4 rings (SSSR count). The highest BCUT2D eigenvalue weighted by Gasteiger charge is 2.35. The number of hydrogen-bond acceptors (Lipinski definition) is 7. The number of benzene rings is 1. The van der Waals surface area contributed by atoms with Gasteiger partial charge in [0, 0.05) is 18.7 Å². The molecule has 156 valence electrons. The third-order valence-electron chi connectivity index (χ3n) is 4.26. The van der Waals surface area contributed by atoms with E-state index in [0.717, 1.165) is 12.1 Å². The van der Waals surface area contributed by atoms with Crippen LogP contribution < -0.4 is 15.0 Å². The molecule has 0 spiro atoms. The Labute approximate surface area is 171 Å². The van der Waals surface area contributed by atoms with Crippen LogP contribution in [0.5, 0.6) is 5.75 Å². The molecular weight excluding hydrogens is 425 g/mol. The molecule has 1 atom stereocenters. The van der Waals surface area contributed by atoms with E-state index >= 15 is 0 Å². The van der Waals surface area contributed by atoms with E-state index in [9.17, 15) is 22.8 Å². The Balaban J connectivity index is 1.41. The first kappa shape index (κ1) is 19.9. The third kappa shape index (κ3) is 4.43. The molecule has 3 heterocycles. The van der Waals surface area contributed by atoms with Crippen molar-refractivity contribution >= 4 is 34.9 Å². The van der Waals surface area contributed by atoms with Gasteiger partial charge in [0.15, 0.2) is 0 Å². The van der Waals surface area contributed by atoms with E-state index in [1.54, 1.807) is 17.5 Å². The molecule has 1 saturated heterocycles. The molecule has 0 aliphatic carbocycles. The van der Waals surface area contributed by atoms with Crippen molar-refractivity contribution < 1.29 is 31.9 Å². The van der Waals surface area contributed by atoms with Gasteiger partial charge in [-0.1, -0.05) is 11.2 Å². The number of halogens is 3. The molecule has 1 fully saturated rings. The molecule has 2 amide bonds. The molecule has 1 aliphatic heterocycles. The highest BCUT2D eigenvalue weighted by molar-refractivity contribution is 7.12. The van der Waals surface area contributed by atoms with Crippen molar-refractivity contribution in [3.8, 4) is 5.75 Å².